The number of carbonyl (C=O) groups excluding carboxylic acids is 1. The van der Waals surface area contributed by atoms with Crippen molar-refractivity contribution in [2.45, 2.75) is 117 Å². The number of hydrogen-bond acceptors (Lipinski definition) is 3. The first-order valence-electron chi connectivity index (χ1n) is 15.9. The molecule has 2 aromatic carbocycles. The number of carbonyl (C=O) groups is 2. The average Bonchev–Trinajstić information content (AvgIpc) is 2.91. The fraction of sp³-hybridized carbons (Fsp3) is 0.641. The van der Waals surface area contributed by atoms with E-state index in [9.17, 15) is 14.7 Å². The summed E-state index contributed by atoms with van der Waals surface area (Å²) in [6.45, 7) is 4.72. The minimum Gasteiger partial charge on any atom is -0.481 e. The molecule has 0 aromatic heterocycles. The summed E-state index contributed by atoms with van der Waals surface area (Å²) in [7, 11) is 1.55. The molecule has 234 valence electrons. The Labute approximate surface area is 260 Å². The highest BCUT2D eigenvalue weighted by Crippen LogP contribution is 2.71. The molecular formula is C39H54O4. The fourth-order valence-corrected chi connectivity index (χ4v) is 12.8. The van der Waals surface area contributed by atoms with Crippen LogP contribution in [0.15, 0.2) is 60.7 Å². The molecule has 0 amide bonds. The van der Waals surface area contributed by atoms with E-state index in [1.807, 2.05) is 0 Å². The number of carboxylic acids is 1. The third kappa shape index (κ3) is 4.95. The van der Waals surface area contributed by atoms with Crippen molar-refractivity contribution in [2.75, 3.05) is 7.11 Å². The highest BCUT2D eigenvalue weighted by Gasteiger charge is 2.66. The van der Waals surface area contributed by atoms with Gasteiger partial charge in [0, 0.05) is 0 Å². The van der Waals surface area contributed by atoms with E-state index in [-0.39, 0.29) is 42.5 Å². The second kappa shape index (κ2) is 10.5. The molecule has 8 aliphatic carbocycles. The first-order valence-corrected chi connectivity index (χ1v) is 15.9. The predicted octanol–water partition coefficient (Wildman–Crippen LogP) is 9.36. The summed E-state index contributed by atoms with van der Waals surface area (Å²) in [4.78, 5) is 24.5. The Kier molecular flexibility index (Phi) is 7.75. The van der Waals surface area contributed by atoms with Gasteiger partial charge in [-0.2, -0.15) is 0 Å². The molecular weight excluding hydrogens is 532 g/mol. The lowest BCUT2D eigenvalue weighted by Crippen LogP contribution is -2.60. The molecule has 8 atom stereocenters. The summed E-state index contributed by atoms with van der Waals surface area (Å²) in [5.74, 6) is 0.782. The van der Waals surface area contributed by atoms with Crippen LogP contribution in [0.2, 0.25) is 0 Å². The normalized spacial score (nSPS) is 42.6. The van der Waals surface area contributed by atoms with Gasteiger partial charge in [-0.25, -0.2) is 0 Å². The molecule has 8 fully saturated rings. The second-order valence-corrected chi connectivity index (χ2v) is 16.3. The van der Waals surface area contributed by atoms with Crippen molar-refractivity contribution in [3.63, 3.8) is 0 Å². The van der Waals surface area contributed by atoms with E-state index in [1.54, 1.807) is 7.11 Å². The minimum absolute atomic E-state index is 0. The van der Waals surface area contributed by atoms with Crippen molar-refractivity contribution >= 4 is 11.9 Å². The molecule has 0 heterocycles. The van der Waals surface area contributed by atoms with Gasteiger partial charge in [-0.3, -0.25) is 9.59 Å². The molecule has 0 spiro atoms. The van der Waals surface area contributed by atoms with Crippen molar-refractivity contribution in [1.82, 2.24) is 0 Å². The van der Waals surface area contributed by atoms with Crippen molar-refractivity contribution in [1.29, 1.82) is 0 Å². The minimum atomic E-state index is -0.548. The Hall–Kier alpha value is -2.62. The maximum atomic E-state index is 12.6. The molecule has 10 rings (SSSR count). The van der Waals surface area contributed by atoms with Gasteiger partial charge in [-0.1, -0.05) is 89.4 Å². The van der Waals surface area contributed by atoms with E-state index in [2.05, 4.69) is 74.5 Å². The predicted molar refractivity (Wildman–Crippen MR) is 173 cm³/mol. The summed E-state index contributed by atoms with van der Waals surface area (Å²) >= 11 is 0. The zero-order valence-electron chi connectivity index (χ0n) is 25.1. The Bertz CT molecular complexity index is 1360. The summed E-state index contributed by atoms with van der Waals surface area (Å²) in [6.07, 6.45) is 13.1. The second-order valence-electron chi connectivity index (χ2n) is 16.3. The maximum Gasteiger partial charge on any atom is 0.311 e. The van der Waals surface area contributed by atoms with Crippen LogP contribution in [-0.4, -0.2) is 24.2 Å². The van der Waals surface area contributed by atoms with Crippen LogP contribution >= 0.6 is 0 Å². The van der Waals surface area contributed by atoms with E-state index in [0.29, 0.717) is 17.3 Å². The zero-order valence-corrected chi connectivity index (χ0v) is 25.1. The number of hydrogen-bond donors (Lipinski definition) is 1. The number of carboxylic acid groups (broad SMARTS) is 1. The van der Waals surface area contributed by atoms with E-state index < -0.39 is 11.4 Å². The summed E-state index contributed by atoms with van der Waals surface area (Å²) < 4.78 is 5.22. The number of aliphatic carboxylic acids is 1. The van der Waals surface area contributed by atoms with Crippen molar-refractivity contribution in [2.24, 2.45) is 33.5 Å². The maximum absolute atomic E-state index is 12.6. The lowest BCUT2D eigenvalue weighted by Gasteiger charge is -2.65. The highest BCUT2D eigenvalue weighted by molar-refractivity contribution is 5.78. The number of rotatable bonds is 4. The molecule has 8 aliphatic rings. The van der Waals surface area contributed by atoms with Gasteiger partial charge in [0.2, 0.25) is 0 Å². The smallest absolute Gasteiger partial charge is 0.311 e. The van der Waals surface area contributed by atoms with Crippen LogP contribution in [0.4, 0.5) is 0 Å². The quantitative estimate of drug-likeness (QED) is 0.363. The van der Waals surface area contributed by atoms with Gasteiger partial charge in [0.25, 0.3) is 0 Å². The molecule has 8 bridgehead atoms. The summed E-state index contributed by atoms with van der Waals surface area (Å²) in [5.41, 5.74) is 2.99. The van der Waals surface area contributed by atoms with Crippen LogP contribution in [0.1, 0.15) is 117 Å². The molecule has 8 saturated carbocycles. The van der Waals surface area contributed by atoms with Crippen LogP contribution in [0.3, 0.4) is 0 Å². The summed E-state index contributed by atoms with van der Waals surface area (Å²) in [6, 6.07) is 21.6. The molecule has 0 radical (unpaired) electrons. The monoisotopic (exact) mass is 586 g/mol. The van der Waals surface area contributed by atoms with E-state index in [1.165, 1.54) is 49.7 Å². The Morgan fingerprint density at radius 2 is 1.05 bits per heavy atom. The number of methoxy groups -OCH3 is 1. The van der Waals surface area contributed by atoms with Crippen LogP contribution in [-0.2, 0) is 25.2 Å². The fourth-order valence-electron chi connectivity index (χ4n) is 12.8. The van der Waals surface area contributed by atoms with E-state index in [0.717, 1.165) is 38.5 Å². The van der Waals surface area contributed by atoms with Gasteiger partial charge < -0.3 is 9.84 Å². The van der Waals surface area contributed by atoms with Gasteiger partial charge in [0.1, 0.15) is 0 Å². The SMILES string of the molecule is C.C.COC(=O)C12CC3C[C@@](C)(C1)C[C@](c1ccccc1)(C3)C2.C[C@]12CC3CC(C(=O)O)(C1)C[C@@](c1ccccc1)(C3)C2. The largest absolute Gasteiger partial charge is 0.481 e. The average molecular weight is 587 g/mol. The molecule has 43 heavy (non-hydrogen) atoms. The van der Waals surface area contributed by atoms with Crippen LogP contribution in [0, 0.1) is 33.5 Å². The van der Waals surface area contributed by atoms with E-state index >= 15 is 0 Å². The highest BCUT2D eigenvalue weighted by atomic mass is 16.5. The van der Waals surface area contributed by atoms with Crippen molar-refractivity contribution < 1.29 is 19.4 Å². The third-order valence-corrected chi connectivity index (χ3v) is 12.5. The van der Waals surface area contributed by atoms with E-state index in [4.69, 9.17) is 4.74 Å². The molecule has 4 heteroatoms. The first-order chi connectivity index (χ1) is 19.4. The van der Waals surface area contributed by atoms with Gasteiger partial charge in [-0.05, 0) is 122 Å². The van der Waals surface area contributed by atoms with Crippen LogP contribution in [0.5, 0.6) is 0 Å². The number of esters is 1. The Morgan fingerprint density at radius 3 is 1.47 bits per heavy atom. The lowest BCUT2D eigenvalue weighted by molar-refractivity contribution is -0.180. The van der Waals surface area contributed by atoms with Gasteiger partial charge in [0.05, 0.1) is 17.9 Å². The molecule has 4 nitrogen and oxygen atoms in total. The van der Waals surface area contributed by atoms with Crippen molar-refractivity contribution in [3.05, 3.63) is 71.8 Å². The van der Waals surface area contributed by atoms with Gasteiger partial charge in [0.15, 0.2) is 0 Å². The Morgan fingerprint density at radius 1 is 0.628 bits per heavy atom. The lowest BCUT2D eigenvalue weighted by atomic mass is 9.39. The standard InChI is InChI=1S/C19H24O2.C18H22O2.2CH4/c1-17-8-14-9-18(11-17,15-6-4-3-5-7-15)13-19(10-14,12-17)16(20)21-2;1-16-7-13-8-17(10-16,14-5-3-2-4-6-14)12-18(9-13,11-16)15(19)20;;/h3-7,14H,8-13H2,1-2H3;2-6,13H,7-12H2,1H3,(H,19,20);2*1H4/t14?,17-,18-,19?;13?,16-,17-,18?;;/m11../s1. The van der Waals surface area contributed by atoms with Gasteiger partial charge >= 0.3 is 11.9 Å². The summed E-state index contributed by atoms with van der Waals surface area (Å²) in [5, 5.41) is 9.85. The third-order valence-electron chi connectivity index (χ3n) is 12.5. The molecule has 1 N–H and O–H groups in total. The molecule has 0 saturated heterocycles. The molecule has 0 aliphatic heterocycles. The topological polar surface area (TPSA) is 63.6 Å². The first kappa shape index (κ1) is 31.8. The van der Waals surface area contributed by atoms with Crippen molar-refractivity contribution in [3.8, 4) is 0 Å². The van der Waals surface area contributed by atoms with Crippen LogP contribution in [0.25, 0.3) is 0 Å². The van der Waals surface area contributed by atoms with Gasteiger partial charge in [-0.15, -0.1) is 0 Å². The van der Waals surface area contributed by atoms with Crippen LogP contribution < -0.4 is 0 Å². The molecule has 2 aromatic rings. The number of ether oxygens (including phenoxy) is 1. The Balaban J connectivity index is 0.000000164. The zero-order chi connectivity index (χ0) is 28.7. The molecule has 4 unspecified atom stereocenters. The number of benzene rings is 2.